The van der Waals surface area contributed by atoms with Gasteiger partial charge in [0.2, 0.25) is 0 Å². The molecule has 1 saturated heterocycles. The van der Waals surface area contributed by atoms with Crippen LogP contribution < -0.4 is 5.73 Å². The molecule has 3 nitrogen and oxygen atoms in total. The lowest BCUT2D eigenvalue weighted by Crippen LogP contribution is -2.32. The minimum Gasteiger partial charge on any atom is -0.468 e. The van der Waals surface area contributed by atoms with Crippen LogP contribution in [0.25, 0.3) is 0 Å². The van der Waals surface area contributed by atoms with Crippen molar-refractivity contribution < 1.29 is 4.42 Å². The number of hydrogen-bond acceptors (Lipinski definition) is 3. The predicted octanol–water partition coefficient (Wildman–Crippen LogP) is 2.01. The average molecular weight is 220 g/mol. The molecule has 0 bridgehead atoms. The largest absolute Gasteiger partial charge is 0.468 e. The van der Waals surface area contributed by atoms with Gasteiger partial charge in [-0.05, 0) is 36.8 Å². The second kappa shape index (κ2) is 4.22. The monoisotopic (exact) mass is 220 g/mol. The third-order valence-corrected chi connectivity index (χ3v) is 4.29. The molecule has 1 saturated carbocycles. The lowest BCUT2D eigenvalue weighted by molar-refractivity contribution is 0.205. The van der Waals surface area contributed by atoms with Gasteiger partial charge in [0.25, 0.3) is 0 Å². The number of rotatable bonds is 3. The summed E-state index contributed by atoms with van der Waals surface area (Å²) in [5, 5.41) is 0. The van der Waals surface area contributed by atoms with E-state index in [9.17, 15) is 0 Å². The third-order valence-electron chi connectivity index (χ3n) is 4.29. The van der Waals surface area contributed by atoms with Crippen LogP contribution in [0, 0.1) is 11.8 Å². The van der Waals surface area contributed by atoms with Gasteiger partial charge in [-0.1, -0.05) is 6.42 Å². The van der Waals surface area contributed by atoms with Crippen molar-refractivity contribution >= 4 is 0 Å². The molecule has 0 radical (unpaired) electrons. The maximum absolute atomic E-state index is 5.89. The van der Waals surface area contributed by atoms with Crippen LogP contribution in [0.1, 0.15) is 31.1 Å². The van der Waals surface area contributed by atoms with Crippen LogP contribution in [0.5, 0.6) is 0 Å². The van der Waals surface area contributed by atoms with Crippen LogP contribution in [0.3, 0.4) is 0 Å². The highest BCUT2D eigenvalue weighted by atomic mass is 16.3. The van der Waals surface area contributed by atoms with Crippen molar-refractivity contribution in [3.8, 4) is 0 Å². The lowest BCUT2D eigenvalue weighted by Gasteiger charge is -2.25. The maximum atomic E-state index is 5.89. The summed E-state index contributed by atoms with van der Waals surface area (Å²) >= 11 is 0. The Kier molecular flexibility index (Phi) is 2.74. The summed E-state index contributed by atoms with van der Waals surface area (Å²) in [5.41, 5.74) is 5.89. The Labute approximate surface area is 96.6 Å². The minimum atomic E-state index is 0.292. The normalized spacial score (nSPS) is 31.8. The van der Waals surface area contributed by atoms with Gasteiger partial charge in [0.05, 0.1) is 12.3 Å². The molecule has 0 spiro atoms. The molecule has 1 aliphatic carbocycles. The second-order valence-corrected chi connectivity index (χ2v) is 5.17. The molecule has 88 valence electrons. The molecule has 3 rings (SSSR count). The molecule has 2 aliphatic rings. The van der Waals surface area contributed by atoms with Gasteiger partial charge in [-0.15, -0.1) is 0 Å². The molecule has 0 aromatic carbocycles. The van der Waals surface area contributed by atoms with Crippen LogP contribution in [-0.2, 0) is 0 Å². The number of nitrogens with zero attached hydrogens (tertiary/aromatic N) is 1. The van der Waals surface area contributed by atoms with E-state index in [1.807, 2.05) is 12.1 Å². The molecule has 1 aliphatic heterocycles. The quantitative estimate of drug-likeness (QED) is 0.847. The lowest BCUT2D eigenvalue weighted by atomic mass is 10.0. The molecular weight excluding hydrogens is 200 g/mol. The van der Waals surface area contributed by atoms with Gasteiger partial charge in [-0.25, -0.2) is 0 Å². The van der Waals surface area contributed by atoms with Gasteiger partial charge in [-0.2, -0.15) is 0 Å². The van der Waals surface area contributed by atoms with Crippen LogP contribution in [0.15, 0.2) is 22.8 Å². The fourth-order valence-electron chi connectivity index (χ4n) is 3.45. The van der Waals surface area contributed by atoms with Crippen molar-refractivity contribution in [1.82, 2.24) is 4.90 Å². The van der Waals surface area contributed by atoms with E-state index in [4.69, 9.17) is 10.2 Å². The van der Waals surface area contributed by atoms with Crippen molar-refractivity contribution in [3.63, 3.8) is 0 Å². The van der Waals surface area contributed by atoms with Crippen LogP contribution >= 0.6 is 0 Å². The summed E-state index contributed by atoms with van der Waals surface area (Å²) in [6.07, 6.45) is 6.00. The molecule has 0 amide bonds. The fraction of sp³-hybridized carbons (Fsp3) is 0.692. The van der Waals surface area contributed by atoms with E-state index in [0.29, 0.717) is 12.6 Å². The number of fused-ring (bicyclic) bond motifs is 1. The predicted molar refractivity (Wildman–Crippen MR) is 62.9 cm³/mol. The Bertz CT molecular complexity index is 324. The molecule has 2 fully saturated rings. The Hall–Kier alpha value is -0.800. The van der Waals surface area contributed by atoms with Gasteiger partial charge >= 0.3 is 0 Å². The minimum absolute atomic E-state index is 0.292. The average Bonchev–Trinajstić information content (AvgIpc) is 2.91. The van der Waals surface area contributed by atoms with Crippen molar-refractivity contribution in [2.24, 2.45) is 17.6 Å². The van der Waals surface area contributed by atoms with E-state index in [2.05, 4.69) is 4.90 Å². The number of furan rings is 1. The molecule has 1 aromatic heterocycles. The van der Waals surface area contributed by atoms with E-state index in [1.165, 1.54) is 32.4 Å². The third kappa shape index (κ3) is 1.68. The fourth-order valence-corrected chi connectivity index (χ4v) is 3.45. The van der Waals surface area contributed by atoms with Crippen LogP contribution in [-0.4, -0.2) is 24.5 Å². The van der Waals surface area contributed by atoms with Gasteiger partial charge < -0.3 is 10.2 Å². The molecule has 3 heteroatoms. The Morgan fingerprint density at radius 3 is 2.69 bits per heavy atom. The van der Waals surface area contributed by atoms with Crippen molar-refractivity contribution in [1.29, 1.82) is 0 Å². The van der Waals surface area contributed by atoms with Crippen molar-refractivity contribution in [3.05, 3.63) is 24.2 Å². The number of hydrogen-bond donors (Lipinski definition) is 1. The Morgan fingerprint density at radius 2 is 2.12 bits per heavy atom. The summed E-state index contributed by atoms with van der Waals surface area (Å²) in [4.78, 5) is 2.52. The van der Waals surface area contributed by atoms with Crippen molar-refractivity contribution in [2.45, 2.75) is 25.3 Å². The first kappa shape index (κ1) is 10.4. The first-order valence-electron chi connectivity index (χ1n) is 6.36. The molecule has 3 atom stereocenters. The summed E-state index contributed by atoms with van der Waals surface area (Å²) in [6.45, 7) is 3.09. The highest BCUT2D eigenvalue weighted by molar-refractivity contribution is 5.07. The molecule has 2 heterocycles. The first-order valence-corrected chi connectivity index (χ1v) is 6.36. The van der Waals surface area contributed by atoms with E-state index in [0.717, 1.165) is 17.6 Å². The summed E-state index contributed by atoms with van der Waals surface area (Å²) < 4.78 is 5.50. The highest BCUT2D eigenvalue weighted by Crippen LogP contribution is 2.40. The van der Waals surface area contributed by atoms with E-state index in [1.54, 1.807) is 6.26 Å². The van der Waals surface area contributed by atoms with Crippen molar-refractivity contribution in [2.75, 3.05) is 19.6 Å². The maximum Gasteiger partial charge on any atom is 0.122 e. The second-order valence-electron chi connectivity index (χ2n) is 5.17. The summed E-state index contributed by atoms with van der Waals surface area (Å²) in [7, 11) is 0. The SMILES string of the molecule is NCC(c1ccco1)N1CC2CCCC2C1. The summed E-state index contributed by atoms with van der Waals surface area (Å²) in [6, 6.07) is 4.29. The zero-order valence-electron chi connectivity index (χ0n) is 9.64. The molecule has 1 aromatic rings. The van der Waals surface area contributed by atoms with E-state index in [-0.39, 0.29) is 0 Å². The van der Waals surface area contributed by atoms with Gasteiger partial charge in [0.15, 0.2) is 0 Å². The smallest absolute Gasteiger partial charge is 0.122 e. The zero-order valence-corrected chi connectivity index (χ0v) is 9.64. The van der Waals surface area contributed by atoms with Crippen LogP contribution in [0.4, 0.5) is 0 Å². The van der Waals surface area contributed by atoms with Gasteiger partial charge in [0.1, 0.15) is 5.76 Å². The van der Waals surface area contributed by atoms with E-state index >= 15 is 0 Å². The number of nitrogens with two attached hydrogens (primary N) is 1. The topological polar surface area (TPSA) is 42.4 Å². The van der Waals surface area contributed by atoms with Gasteiger partial charge in [-0.3, -0.25) is 4.90 Å². The Morgan fingerprint density at radius 1 is 1.38 bits per heavy atom. The Balaban J connectivity index is 1.72. The van der Waals surface area contributed by atoms with E-state index < -0.39 is 0 Å². The molecule has 2 N–H and O–H groups in total. The molecule has 3 unspecified atom stereocenters. The van der Waals surface area contributed by atoms with Crippen LogP contribution in [0.2, 0.25) is 0 Å². The zero-order chi connectivity index (χ0) is 11.0. The first-order chi connectivity index (χ1) is 7.88. The van der Waals surface area contributed by atoms with Gasteiger partial charge in [0, 0.05) is 19.6 Å². The number of likely N-dealkylation sites (tertiary alicyclic amines) is 1. The summed E-state index contributed by atoms with van der Waals surface area (Å²) in [5.74, 6) is 2.87. The molecule has 16 heavy (non-hydrogen) atoms. The highest BCUT2D eigenvalue weighted by Gasteiger charge is 2.39. The molecular formula is C13H20N2O. The standard InChI is InChI=1S/C13H20N2O/c14-7-12(13-5-2-6-16-13)15-8-10-3-1-4-11(10)9-15/h2,5-6,10-12H,1,3-4,7-9,14H2.